The molecule has 23 heavy (non-hydrogen) atoms. The molecule has 3 rings (SSSR count). The number of nitrogens with one attached hydrogen (secondary N) is 1. The van der Waals surface area contributed by atoms with Crippen molar-refractivity contribution in [1.82, 2.24) is 14.4 Å². The maximum Gasteiger partial charge on any atom is 0.323 e. The highest BCUT2D eigenvalue weighted by molar-refractivity contribution is 7.91. The van der Waals surface area contributed by atoms with Crippen LogP contribution in [0.1, 0.15) is 5.76 Å². The summed E-state index contributed by atoms with van der Waals surface area (Å²) >= 11 is 1.19. The molecule has 2 amide bonds. The van der Waals surface area contributed by atoms with Crippen molar-refractivity contribution in [3.8, 4) is 0 Å². The molecule has 0 saturated carbocycles. The van der Waals surface area contributed by atoms with Crippen LogP contribution in [-0.2, 0) is 10.0 Å². The van der Waals surface area contributed by atoms with Gasteiger partial charge in [0.1, 0.15) is 9.97 Å². The molecule has 1 fully saturated rings. The Kier molecular flexibility index (Phi) is 4.37. The molecular weight excluding hydrogens is 340 g/mol. The van der Waals surface area contributed by atoms with Crippen molar-refractivity contribution < 1.29 is 17.7 Å². The number of hydrogen-bond acceptors (Lipinski definition) is 6. The number of hydrogen-bond donors (Lipinski definition) is 1. The molecule has 2 aromatic rings. The van der Waals surface area contributed by atoms with Gasteiger partial charge in [0, 0.05) is 32.2 Å². The first-order chi connectivity index (χ1) is 11.0. The summed E-state index contributed by atoms with van der Waals surface area (Å²) in [5, 5.41) is 8.06. The van der Waals surface area contributed by atoms with E-state index < -0.39 is 10.0 Å². The number of anilines is 1. The predicted molar refractivity (Wildman–Crippen MR) is 84.9 cm³/mol. The number of sulfonamides is 1. The van der Waals surface area contributed by atoms with Gasteiger partial charge in [-0.1, -0.05) is 11.2 Å². The number of aromatic nitrogens is 1. The quantitative estimate of drug-likeness (QED) is 0.901. The van der Waals surface area contributed by atoms with Crippen molar-refractivity contribution >= 4 is 33.2 Å². The van der Waals surface area contributed by atoms with Gasteiger partial charge in [-0.25, -0.2) is 13.2 Å². The number of urea groups is 1. The van der Waals surface area contributed by atoms with Gasteiger partial charge in [-0.15, -0.1) is 11.3 Å². The highest BCUT2D eigenvalue weighted by atomic mass is 32.2. The lowest BCUT2D eigenvalue weighted by atomic mass is 10.4. The minimum Gasteiger partial charge on any atom is -0.360 e. The van der Waals surface area contributed by atoms with Crippen LogP contribution in [0.2, 0.25) is 0 Å². The fourth-order valence-electron chi connectivity index (χ4n) is 2.28. The first-order valence-corrected chi connectivity index (χ1v) is 9.32. The van der Waals surface area contributed by atoms with Crippen LogP contribution in [0.25, 0.3) is 0 Å². The Morgan fingerprint density at radius 3 is 2.65 bits per heavy atom. The summed E-state index contributed by atoms with van der Waals surface area (Å²) in [5.74, 6) is 0.952. The molecule has 0 unspecified atom stereocenters. The molecule has 1 aliphatic rings. The van der Waals surface area contributed by atoms with E-state index in [4.69, 9.17) is 4.52 Å². The van der Waals surface area contributed by atoms with Gasteiger partial charge in [0.2, 0.25) is 0 Å². The van der Waals surface area contributed by atoms with Gasteiger partial charge in [0.05, 0.1) is 0 Å². The number of thiophene rings is 1. The summed E-state index contributed by atoms with van der Waals surface area (Å²) in [7, 11) is -3.46. The van der Waals surface area contributed by atoms with E-state index in [0.717, 1.165) is 0 Å². The van der Waals surface area contributed by atoms with Crippen LogP contribution in [0.3, 0.4) is 0 Å². The Balaban J connectivity index is 1.59. The van der Waals surface area contributed by atoms with E-state index in [1.165, 1.54) is 15.6 Å². The van der Waals surface area contributed by atoms with Gasteiger partial charge >= 0.3 is 6.03 Å². The van der Waals surface area contributed by atoms with Crippen molar-refractivity contribution in [1.29, 1.82) is 0 Å². The van der Waals surface area contributed by atoms with Crippen molar-refractivity contribution in [3.05, 3.63) is 29.3 Å². The van der Waals surface area contributed by atoms with E-state index in [9.17, 15) is 13.2 Å². The molecule has 124 valence electrons. The zero-order valence-corrected chi connectivity index (χ0v) is 14.1. The Hall–Kier alpha value is -1.91. The van der Waals surface area contributed by atoms with Gasteiger partial charge in [-0.05, 0) is 18.4 Å². The van der Waals surface area contributed by atoms with Gasteiger partial charge < -0.3 is 9.42 Å². The predicted octanol–water partition coefficient (Wildman–Crippen LogP) is 1.58. The maximum absolute atomic E-state index is 12.4. The van der Waals surface area contributed by atoms with E-state index in [1.54, 1.807) is 35.4 Å². The minimum atomic E-state index is -3.46. The SMILES string of the molecule is Cc1cc(NC(=O)N2CCN(S(=O)(=O)c3cccs3)CC2)no1. The second-order valence-corrected chi connectivity index (χ2v) is 8.19. The maximum atomic E-state index is 12.4. The number of piperazine rings is 1. The molecular formula is C13H16N4O4S2. The Bertz CT molecular complexity index is 777. The molecule has 1 N–H and O–H groups in total. The minimum absolute atomic E-state index is 0.269. The number of nitrogens with zero attached hydrogens (tertiary/aromatic N) is 3. The average molecular weight is 356 g/mol. The summed E-state index contributed by atoms with van der Waals surface area (Å²) in [4.78, 5) is 13.7. The monoisotopic (exact) mass is 356 g/mol. The van der Waals surface area contributed by atoms with Crippen LogP contribution in [0.15, 0.2) is 32.3 Å². The summed E-state index contributed by atoms with van der Waals surface area (Å²) in [6.07, 6.45) is 0. The average Bonchev–Trinajstić information content (AvgIpc) is 3.19. The molecule has 0 aliphatic carbocycles. The van der Waals surface area contributed by atoms with Crippen LogP contribution >= 0.6 is 11.3 Å². The molecule has 2 aromatic heterocycles. The zero-order chi connectivity index (χ0) is 16.4. The number of aryl methyl sites for hydroxylation is 1. The number of rotatable bonds is 3. The fourth-order valence-corrected chi connectivity index (χ4v) is 4.85. The third-order valence-electron chi connectivity index (χ3n) is 3.48. The Morgan fingerprint density at radius 1 is 1.35 bits per heavy atom. The molecule has 0 atom stereocenters. The topological polar surface area (TPSA) is 95.8 Å². The second-order valence-electron chi connectivity index (χ2n) is 5.08. The van der Waals surface area contributed by atoms with E-state index >= 15 is 0 Å². The van der Waals surface area contributed by atoms with Crippen molar-refractivity contribution in [2.75, 3.05) is 31.5 Å². The second kappa shape index (κ2) is 6.30. The Labute approximate surface area is 137 Å². The molecule has 1 aliphatic heterocycles. The first-order valence-electron chi connectivity index (χ1n) is 7.00. The Morgan fingerprint density at radius 2 is 2.09 bits per heavy atom. The van der Waals surface area contributed by atoms with Gasteiger partial charge in [0.25, 0.3) is 10.0 Å². The first kappa shape index (κ1) is 16.0. The molecule has 8 nitrogen and oxygen atoms in total. The van der Waals surface area contributed by atoms with Crippen molar-refractivity contribution in [3.63, 3.8) is 0 Å². The van der Waals surface area contributed by atoms with Crippen molar-refractivity contribution in [2.24, 2.45) is 0 Å². The van der Waals surface area contributed by atoms with E-state index in [0.29, 0.717) is 28.9 Å². The molecule has 10 heteroatoms. The smallest absolute Gasteiger partial charge is 0.323 e. The highest BCUT2D eigenvalue weighted by Crippen LogP contribution is 2.22. The summed E-state index contributed by atoms with van der Waals surface area (Å²) in [5.41, 5.74) is 0. The molecule has 1 saturated heterocycles. The standard InChI is InChI=1S/C13H16N4O4S2/c1-10-9-11(15-21-10)14-13(18)16-4-6-17(7-5-16)23(19,20)12-3-2-8-22-12/h2-3,8-9H,4-7H2,1H3,(H,14,15,18). The van der Waals surface area contributed by atoms with E-state index in [2.05, 4.69) is 10.5 Å². The van der Waals surface area contributed by atoms with Gasteiger partial charge in [-0.2, -0.15) is 4.31 Å². The summed E-state index contributed by atoms with van der Waals surface area (Å²) in [6.45, 7) is 2.93. The van der Waals surface area contributed by atoms with Crippen molar-refractivity contribution in [2.45, 2.75) is 11.1 Å². The lowest BCUT2D eigenvalue weighted by Gasteiger charge is -2.33. The fraction of sp³-hybridized carbons (Fsp3) is 0.385. The largest absolute Gasteiger partial charge is 0.360 e. The lowest BCUT2D eigenvalue weighted by Crippen LogP contribution is -2.51. The van der Waals surface area contributed by atoms with E-state index in [1.807, 2.05) is 0 Å². The summed E-state index contributed by atoms with van der Waals surface area (Å²) in [6, 6.07) is 4.61. The van der Waals surface area contributed by atoms with Crippen LogP contribution in [0.5, 0.6) is 0 Å². The normalized spacial score (nSPS) is 16.5. The third kappa shape index (κ3) is 3.38. The van der Waals surface area contributed by atoms with E-state index in [-0.39, 0.29) is 19.1 Å². The molecule has 3 heterocycles. The number of carbonyl (C=O) groups excluding carboxylic acids is 1. The van der Waals surface area contributed by atoms with Gasteiger partial charge in [0.15, 0.2) is 5.82 Å². The molecule has 0 bridgehead atoms. The molecule has 0 radical (unpaired) electrons. The number of carbonyl (C=O) groups is 1. The third-order valence-corrected chi connectivity index (χ3v) is 6.75. The lowest BCUT2D eigenvalue weighted by molar-refractivity contribution is 0.184. The van der Waals surface area contributed by atoms with Crippen LogP contribution in [-0.4, -0.2) is 55.0 Å². The van der Waals surface area contributed by atoms with Crippen LogP contribution < -0.4 is 5.32 Å². The van der Waals surface area contributed by atoms with Crippen LogP contribution in [0.4, 0.5) is 10.6 Å². The molecule has 0 aromatic carbocycles. The zero-order valence-electron chi connectivity index (χ0n) is 12.4. The van der Waals surface area contributed by atoms with Gasteiger partial charge in [-0.3, -0.25) is 5.32 Å². The summed E-state index contributed by atoms with van der Waals surface area (Å²) < 4.78 is 31.4. The van der Waals surface area contributed by atoms with Crippen LogP contribution in [0, 0.1) is 6.92 Å². The number of amides is 2. The molecule has 0 spiro atoms. The highest BCUT2D eigenvalue weighted by Gasteiger charge is 2.30.